The van der Waals surface area contributed by atoms with Crippen molar-refractivity contribution in [3.63, 3.8) is 0 Å². The van der Waals surface area contributed by atoms with Crippen molar-refractivity contribution in [1.82, 2.24) is 0 Å². The Balaban J connectivity index is 0.610. The smallest absolute Gasteiger partial charge is 0.0462 e. The first kappa shape index (κ1) is 60.6. The van der Waals surface area contributed by atoms with Crippen molar-refractivity contribution in [1.29, 1.82) is 0 Å². The van der Waals surface area contributed by atoms with Crippen LogP contribution in [0.1, 0.15) is 0 Å². The van der Waals surface area contributed by atoms with Gasteiger partial charge in [-0.1, -0.05) is 231 Å². The van der Waals surface area contributed by atoms with E-state index >= 15 is 0 Å². The number of anilines is 12. The van der Waals surface area contributed by atoms with Crippen molar-refractivity contribution in [2.24, 2.45) is 0 Å². The lowest BCUT2D eigenvalue weighted by Crippen LogP contribution is -2.10. The molecule has 0 bridgehead atoms. The lowest BCUT2D eigenvalue weighted by molar-refractivity contribution is 1.28. The number of thiophene rings is 2. The number of nitrogens with zero attached hydrogens (tertiary/aromatic N) is 4. The van der Waals surface area contributed by atoms with Crippen LogP contribution >= 0.6 is 22.7 Å². The number of para-hydroxylation sites is 4. The fourth-order valence-electron chi connectivity index (χ4n) is 13.0. The summed E-state index contributed by atoms with van der Waals surface area (Å²) in [6.07, 6.45) is 0. The van der Waals surface area contributed by atoms with Crippen molar-refractivity contribution in [3.8, 4) is 75.1 Å². The third-order valence-corrected chi connectivity index (χ3v) is 20.3. The Morgan fingerprint density at radius 3 is 0.418 bits per heavy atom. The van der Waals surface area contributed by atoms with Crippen LogP contribution in [-0.2, 0) is 0 Å². The summed E-state index contributed by atoms with van der Waals surface area (Å²) in [6.45, 7) is 0. The summed E-state index contributed by atoms with van der Waals surface area (Å²) in [5.41, 5.74) is 24.9. The van der Waals surface area contributed by atoms with Gasteiger partial charge in [-0.2, -0.15) is 0 Å². The lowest BCUT2D eigenvalue weighted by Gasteiger charge is -2.27. The number of hydrogen-bond acceptors (Lipinski definition) is 6. The van der Waals surface area contributed by atoms with Crippen LogP contribution in [-0.4, -0.2) is 0 Å². The van der Waals surface area contributed by atoms with Gasteiger partial charge in [-0.15, -0.1) is 22.7 Å². The van der Waals surface area contributed by atoms with E-state index in [0.717, 1.165) is 102 Å². The zero-order valence-electron chi connectivity index (χ0n) is 53.7. The molecular formula is C92H66N4S2. The normalized spacial score (nSPS) is 11.1. The van der Waals surface area contributed by atoms with Crippen molar-refractivity contribution in [2.75, 3.05) is 19.6 Å². The van der Waals surface area contributed by atoms with Crippen LogP contribution in [0.25, 0.3) is 75.1 Å². The Hall–Kier alpha value is -12.3. The fraction of sp³-hybridized carbons (Fsp3) is 0. The van der Waals surface area contributed by atoms with E-state index in [1.54, 1.807) is 0 Å². The Morgan fingerprint density at radius 2 is 0.245 bits per heavy atom. The highest BCUT2D eigenvalue weighted by Crippen LogP contribution is 2.44. The minimum atomic E-state index is 1.08. The molecule has 2 aromatic heterocycles. The first-order chi connectivity index (χ1) is 48.6. The molecule has 466 valence electrons. The quantitative estimate of drug-likeness (QED) is 0.0800. The molecule has 14 aromatic carbocycles. The van der Waals surface area contributed by atoms with E-state index in [-0.39, 0.29) is 0 Å². The Bertz CT molecular complexity index is 4890. The van der Waals surface area contributed by atoms with Gasteiger partial charge in [0.1, 0.15) is 0 Å². The zero-order chi connectivity index (χ0) is 65.4. The molecule has 0 aliphatic rings. The maximum absolute atomic E-state index is 2.33. The van der Waals surface area contributed by atoms with Gasteiger partial charge in [0.25, 0.3) is 0 Å². The molecule has 2 heterocycles. The van der Waals surface area contributed by atoms with Gasteiger partial charge in [0, 0.05) is 87.8 Å². The molecule has 0 radical (unpaired) electrons. The molecule has 0 unspecified atom stereocenters. The first-order valence-corrected chi connectivity index (χ1v) is 34.7. The summed E-state index contributed by atoms with van der Waals surface area (Å²) in [7, 11) is 0. The molecule has 0 amide bonds. The Labute approximate surface area is 582 Å². The second-order valence-corrected chi connectivity index (χ2v) is 26.3. The average molecular weight is 1290 g/mol. The van der Waals surface area contributed by atoms with Gasteiger partial charge >= 0.3 is 0 Å². The summed E-state index contributed by atoms with van der Waals surface area (Å²) in [5, 5.41) is 0. The zero-order valence-corrected chi connectivity index (χ0v) is 55.3. The van der Waals surface area contributed by atoms with Crippen LogP contribution in [0.5, 0.6) is 0 Å². The van der Waals surface area contributed by atoms with E-state index in [4.69, 9.17) is 0 Å². The molecule has 0 atom stereocenters. The van der Waals surface area contributed by atoms with Gasteiger partial charge in [0.05, 0.1) is 0 Å². The Kier molecular flexibility index (Phi) is 17.3. The largest absolute Gasteiger partial charge is 0.311 e. The maximum atomic E-state index is 2.33. The lowest BCUT2D eigenvalue weighted by atomic mass is 10.0. The number of rotatable bonds is 19. The predicted octanol–water partition coefficient (Wildman–Crippen LogP) is 27.4. The summed E-state index contributed by atoms with van der Waals surface area (Å²) in [5.74, 6) is 0. The van der Waals surface area contributed by atoms with Gasteiger partial charge in [0.15, 0.2) is 0 Å². The fourth-order valence-corrected chi connectivity index (χ4v) is 15.0. The van der Waals surface area contributed by atoms with E-state index in [1.807, 2.05) is 22.7 Å². The topological polar surface area (TPSA) is 13.0 Å². The minimum Gasteiger partial charge on any atom is -0.311 e. The monoisotopic (exact) mass is 1290 g/mol. The van der Waals surface area contributed by atoms with E-state index in [0.29, 0.717) is 0 Å². The molecule has 0 fully saturated rings. The van der Waals surface area contributed by atoms with Crippen molar-refractivity contribution >= 4 is 90.9 Å². The summed E-state index contributed by atoms with van der Waals surface area (Å²) in [4.78, 5) is 14.4. The van der Waals surface area contributed by atoms with Crippen molar-refractivity contribution in [3.05, 3.63) is 400 Å². The third-order valence-electron chi connectivity index (χ3n) is 18.0. The van der Waals surface area contributed by atoms with Gasteiger partial charge in [-0.25, -0.2) is 0 Å². The highest BCUT2D eigenvalue weighted by atomic mass is 32.1. The second-order valence-electron chi connectivity index (χ2n) is 24.1. The predicted molar refractivity (Wildman–Crippen MR) is 419 cm³/mol. The van der Waals surface area contributed by atoms with Crippen LogP contribution in [0, 0.1) is 0 Å². The molecule has 16 aromatic rings. The van der Waals surface area contributed by atoms with Crippen LogP contribution in [0.15, 0.2) is 400 Å². The molecule has 16 rings (SSSR count). The van der Waals surface area contributed by atoms with E-state index in [9.17, 15) is 0 Å². The van der Waals surface area contributed by atoms with Crippen LogP contribution in [0.2, 0.25) is 0 Å². The standard InChI is InChI=1S/C92H66N4S2/c1-7-19-73(20-8-1)89-63-65-91(97-89)75-43-59-87(60-44-75)95(79-27-15-5-16-28-79)85-55-39-71(40-56-85)69-35-51-83(52-36-69)93(77-23-11-3-12-24-77)81-47-31-67(32-48-81)68-33-49-82(50-34-68)94(78-25-13-4-14-26-78)84-53-37-70(38-54-84)72-41-57-86(58-42-72)96(80-29-17-6-18-30-80)88-61-45-76(46-62-88)92-66-64-90(98-92)74-21-9-2-10-22-74/h1-66H. The maximum Gasteiger partial charge on any atom is 0.0462 e. The number of hydrogen-bond donors (Lipinski definition) is 0. The summed E-state index contributed by atoms with van der Waals surface area (Å²) >= 11 is 3.65. The first-order valence-electron chi connectivity index (χ1n) is 33.1. The van der Waals surface area contributed by atoms with E-state index in [1.165, 1.54) is 41.8 Å². The second kappa shape index (κ2) is 27.9. The van der Waals surface area contributed by atoms with Gasteiger partial charge in [-0.3, -0.25) is 0 Å². The molecule has 0 aliphatic carbocycles. The molecule has 0 saturated heterocycles. The molecule has 0 saturated carbocycles. The van der Waals surface area contributed by atoms with Gasteiger partial charge in [0.2, 0.25) is 0 Å². The van der Waals surface area contributed by atoms with Crippen molar-refractivity contribution < 1.29 is 0 Å². The summed E-state index contributed by atoms with van der Waals surface area (Å²) < 4.78 is 0. The highest BCUT2D eigenvalue weighted by molar-refractivity contribution is 7.19. The third kappa shape index (κ3) is 13.0. The van der Waals surface area contributed by atoms with E-state index < -0.39 is 0 Å². The highest BCUT2D eigenvalue weighted by Gasteiger charge is 2.19. The molecule has 0 N–H and O–H groups in total. The van der Waals surface area contributed by atoms with E-state index in [2.05, 4.69) is 420 Å². The minimum absolute atomic E-state index is 1.08. The van der Waals surface area contributed by atoms with Crippen molar-refractivity contribution in [2.45, 2.75) is 0 Å². The molecular weight excluding hydrogens is 1230 g/mol. The average Bonchev–Trinajstić information content (AvgIpc) is 1.01. The molecule has 98 heavy (non-hydrogen) atoms. The van der Waals surface area contributed by atoms with Gasteiger partial charge < -0.3 is 19.6 Å². The van der Waals surface area contributed by atoms with Crippen LogP contribution < -0.4 is 19.6 Å². The summed E-state index contributed by atoms with van der Waals surface area (Å²) in [6, 6.07) is 144. The molecule has 0 aliphatic heterocycles. The molecule has 6 heteroatoms. The van der Waals surface area contributed by atoms with Gasteiger partial charge in [-0.05, 0) is 225 Å². The Morgan fingerprint density at radius 1 is 0.112 bits per heavy atom. The van der Waals surface area contributed by atoms with Crippen LogP contribution in [0.4, 0.5) is 68.2 Å². The molecule has 4 nitrogen and oxygen atoms in total. The molecule has 0 spiro atoms. The number of benzene rings is 14. The van der Waals surface area contributed by atoms with Crippen LogP contribution in [0.3, 0.4) is 0 Å². The SMILES string of the molecule is c1ccc(-c2ccc(-c3ccc(N(c4ccccc4)c4ccc(-c5ccc(N(c6ccccc6)c6ccc(-c7ccc(N(c8ccccc8)c8ccc(-c9ccc(N(c%10ccccc%10)c%10ccc(-c%11ccc(-c%12ccccc%12)s%11)cc%10)cc9)cc8)cc7)cc6)cc5)cc4)cc3)s2)cc1.